The van der Waals surface area contributed by atoms with Crippen LogP contribution in [0, 0.1) is 0 Å². The molecule has 0 saturated carbocycles. The standard InChI is InChI=1S/C12H13NO2S/c1-14-7-12-13-11(8-16-12)9-4-3-5-10(6-9)15-2/h3-6,8H,7H2,1-2H3. The Kier molecular flexibility index (Phi) is 3.54. The molecule has 84 valence electrons. The van der Waals surface area contributed by atoms with Gasteiger partial charge in [-0.3, -0.25) is 0 Å². The summed E-state index contributed by atoms with van der Waals surface area (Å²) in [5, 5.41) is 3.02. The summed E-state index contributed by atoms with van der Waals surface area (Å²) in [6, 6.07) is 7.88. The molecule has 0 atom stereocenters. The predicted molar refractivity (Wildman–Crippen MR) is 64.8 cm³/mol. The highest BCUT2D eigenvalue weighted by atomic mass is 32.1. The molecule has 0 aliphatic rings. The minimum Gasteiger partial charge on any atom is -0.497 e. The average molecular weight is 235 g/mol. The zero-order valence-electron chi connectivity index (χ0n) is 9.27. The molecular formula is C12H13NO2S. The molecule has 1 aromatic heterocycles. The van der Waals surface area contributed by atoms with Gasteiger partial charge in [-0.25, -0.2) is 4.98 Å². The van der Waals surface area contributed by atoms with E-state index in [0.29, 0.717) is 6.61 Å². The van der Waals surface area contributed by atoms with Crippen LogP contribution in [0.3, 0.4) is 0 Å². The molecule has 0 bridgehead atoms. The largest absolute Gasteiger partial charge is 0.497 e. The Hall–Kier alpha value is -1.39. The maximum Gasteiger partial charge on any atom is 0.119 e. The summed E-state index contributed by atoms with van der Waals surface area (Å²) in [6.07, 6.45) is 0. The van der Waals surface area contributed by atoms with Gasteiger partial charge in [-0.15, -0.1) is 11.3 Å². The van der Waals surface area contributed by atoms with Crippen LogP contribution in [-0.4, -0.2) is 19.2 Å². The minimum absolute atomic E-state index is 0.564. The van der Waals surface area contributed by atoms with E-state index in [4.69, 9.17) is 9.47 Å². The summed E-state index contributed by atoms with van der Waals surface area (Å²) in [6.45, 7) is 0.564. The minimum atomic E-state index is 0.564. The van der Waals surface area contributed by atoms with Crippen LogP contribution in [0.5, 0.6) is 5.75 Å². The zero-order valence-corrected chi connectivity index (χ0v) is 10.1. The van der Waals surface area contributed by atoms with E-state index in [2.05, 4.69) is 4.98 Å². The third kappa shape index (κ3) is 2.40. The molecule has 3 nitrogen and oxygen atoms in total. The second-order valence-electron chi connectivity index (χ2n) is 3.29. The molecule has 16 heavy (non-hydrogen) atoms. The molecule has 0 radical (unpaired) electrons. The van der Waals surface area contributed by atoms with Gasteiger partial charge in [-0.05, 0) is 12.1 Å². The van der Waals surface area contributed by atoms with Crippen molar-refractivity contribution in [3.8, 4) is 17.0 Å². The van der Waals surface area contributed by atoms with Gasteiger partial charge in [0.2, 0.25) is 0 Å². The van der Waals surface area contributed by atoms with Gasteiger partial charge in [0.05, 0.1) is 19.4 Å². The number of hydrogen-bond donors (Lipinski definition) is 0. The van der Waals surface area contributed by atoms with Gasteiger partial charge in [0, 0.05) is 18.1 Å². The number of hydrogen-bond acceptors (Lipinski definition) is 4. The van der Waals surface area contributed by atoms with Crippen LogP contribution in [0.2, 0.25) is 0 Å². The van der Waals surface area contributed by atoms with Crippen LogP contribution >= 0.6 is 11.3 Å². The van der Waals surface area contributed by atoms with E-state index in [0.717, 1.165) is 22.0 Å². The normalized spacial score (nSPS) is 10.4. The van der Waals surface area contributed by atoms with Crippen molar-refractivity contribution in [3.05, 3.63) is 34.7 Å². The Morgan fingerprint density at radius 1 is 1.31 bits per heavy atom. The van der Waals surface area contributed by atoms with Gasteiger partial charge in [-0.1, -0.05) is 12.1 Å². The Labute approximate surface area is 98.7 Å². The van der Waals surface area contributed by atoms with Crippen LogP contribution in [0.15, 0.2) is 29.6 Å². The van der Waals surface area contributed by atoms with E-state index in [9.17, 15) is 0 Å². The van der Waals surface area contributed by atoms with Crippen molar-refractivity contribution in [2.75, 3.05) is 14.2 Å². The van der Waals surface area contributed by atoms with E-state index >= 15 is 0 Å². The molecule has 0 aliphatic carbocycles. The number of benzene rings is 1. The lowest BCUT2D eigenvalue weighted by molar-refractivity contribution is 0.184. The first-order chi connectivity index (χ1) is 7.83. The molecule has 4 heteroatoms. The molecule has 2 aromatic rings. The van der Waals surface area contributed by atoms with Gasteiger partial charge < -0.3 is 9.47 Å². The summed E-state index contributed by atoms with van der Waals surface area (Å²) in [5.41, 5.74) is 2.04. The Morgan fingerprint density at radius 3 is 2.94 bits per heavy atom. The highest BCUT2D eigenvalue weighted by Gasteiger charge is 2.05. The predicted octanol–water partition coefficient (Wildman–Crippen LogP) is 2.97. The molecule has 0 unspecified atom stereocenters. The molecule has 0 amide bonds. The molecule has 0 spiro atoms. The number of aromatic nitrogens is 1. The van der Waals surface area contributed by atoms with Gasteiger partial charge >= 0.3 is 0 Å². The summed E-state index contributed by atoms with van der Waals surface area (Å²) >= 11 is 1.61. The summed E-state index contributed by atoms with van der Waals surface area (Å²) < 4.78 is 10.2. The molecule has 0 fully saturated rings. The third-order valence-corrected chi connectivity index (χ3v) is 3.01. The average Bonchev–Trinajstić information content (AvgIpc) is 2.78. The van der Waals surface area contributed by atoms with E-state index in [1.165, 1.54) is 0 Å². The lowest BCUT2D eigenvalue weighted by Gasteiger charge is -2.01. The second kappa shape index (κ2) is 5.09. The number of thiazole rings is 1. The van der Waals surface area contributed by atoms with Crippen LogP contribution in [-0.2, 0) is 11.3 Å². The SMILES string of the molecule is COCc1nc(-c2cccc(OC)c2)cs1. The fourth-order valence-corrected chi connectivity index (χ4v) is 2.19. The van der Waals surface area contributed by atoms with E-state index in [-0.39, 0.29) is 0 Å². The highest BCUT2D eigenvalue weighted by molar-refractivity contribution is 7.09. The second-order valence-corrected chi connectivity index (χ2v) is 4.23. The molecule has 1 heterocycles. The number of methoxy groups -OCH3 is 2. The zero-order chi connectivity index (χ0) is 11.4. The van der Waals surface area contributed by atoms with E-state index in [1.54, 1.807) is 25.6 Å². The fourth-order valence-electron chi connectivity index (χ4n) is 1.42. The first-order valence-corrected chi connectivity index (χ1v) is 5.79. The first-order valence-electron chi connectivity index (χ1n) is 4.91. The van der Waals surface area contributed by atoms with Gasteiger partial charge in [-0.2, -0.15) is 0 Å². The molecule has 1 aromatic carbocycles. The van der Waals surface area contributed by atoms with Crippen molar-refractivity contribution >= 4 is 11.3 Å². The van der Waals surface area contributed by atoms with Crippen molar-refractivity contribution < 1.29 is 9.47 Å². The monoisotopic (exact) mass is 235 g/mol. The summed E-state index contributed by atoms with van der Waals surface area (Å²) in [5.74, 6) is 0.846. The maximum absolute atomic E-state index is 5.18. The van der Waals surface area contributed by atoms with Crippen molar-refractivity contribution in [1.82, 2.24) is 4.98 Å². The van der Waals surface area contributed by atoms with Crippen LogP contribution in [0.4, 0.5) is 0 Å². The lowest BCUT2D eigenvalue weighted by Crippen LogP contribution is -1.87. The van der Waals surface area contributed by atoms with Gasteiger partial charge in [0.1, 0.15) is 10.8 Å². The Bertz CT molecular complexity index is 468. The van der Waals surface area contributed by atoms with Gasteiger partial charge in [0.15, 0.2) is 0 Å². The van der Waals surface area contributed by atoms with Crippen molar-refractivity contribution in [3.63, 3.8) is 0 Å². The lowest BCUT2D eigenvalue weighted by atomic mass is 10.2. The van der Waals surface area contributed by atoms with Crippen molar-refractivity contribution in [2.45, 2.75) is 6.61 Å². The number of ether oxygens (including phenoxy) is 2. The first kappa shape index (κ1) is 11.1. The highest BCUT2D eigenvalue weighted by Crippen LogP contribution is 2.25. The Morgan fingerprint density at radius 2 is 2.19 bits per heavy atom. The van der Waals surface area contributed by atoms with Crippen LogP contribution in [0.1, 0.15) is 5.01 Å². The molecule has 0 saturated heterocycles. The molecule has 2 rings (SSSR count). The van der Waals surface area contributed by atoms with E-state index in [1.807, 2.05) is 29.6 Å². The maximum atomic E-state index is 5.18. The third-order valence-electron chi connectivity index (χ3n) is 2.19. The van der Waals surface area contributed by atoms with Crippen molar-refractivity contribution in [1.29, 1.82) is 0 Å². The summed E-state index contributed by atoms with van der Waals surface area (Å²) in [7, 11) is 3.34. The molecule has 0 aliphatic heterocycles. The summed E-state index contributed by atoms with van der Waals surface area (Å²) in [4.78, 5) is 4.48. The quantitative estimate of drug-likeness (QED) is 0.816. The number of rotatable bonds is 4. The van der Waals surface area contributed by atoms with Crippen LogP contribution in [0.25, 0.3) is 11.3 Å². The van der Waals surface area contributed by atoms with Crippen molar-refractivity contribution in [2.24, 2.45) is 0 Å². The molecular weight excluding hydrogens is 222 g/mol. The molecule has 0 N–H and O–H groups in total. The Balaban J connectivity index is 2.27. The fraction of sp³-hybridized carbons (Fsp3) is 0.250. The topological polar surface area (TPSA) is 31.4 Å². The van der Waals surface area contributed by atoms with E-state index < -0.39 is 0 Å². The van der Waals surface area contributed by atoms with Gasteiger partial charge in [0.25, 0.3) is 0 Å². The number of nitrogens with zero attached hydrogens (tertiary/aromatic N) is 1. The smallest absolute Gasteiger partial charge is 0.119 e. The van der Waals surface area contributed by atoms with Crippen LogP contribution < -0.4 is 4.74 Å².